The highest BCUT2D eigenvalue weighted by Gasteiger charge is 2.54. The number of hydrogen-bond donors (Lipinski definition) is 1. The number of aryl methyl sites for hydroxylation is 2. The fraction of sp³-hybridized carbons (Fsp3) is 0.510. The second-order valence-corrected chi connectivity index (χ2v) is 20.6. The summed E-state index contributed by atoms with van der Waals surface area (Å²) in [6.45, 7) is 7.21. The molecule has 15 nitrogen and oxygen atoms in total. The molecule has 4 fully saturated rings. The number of alkyl halides is 2. The van der Waals surface area contributed by atoms with Gasteiger partial charge in [-0.1, -0.05) is 11.6 Å². The first-order valence-corrected chi connectivity index (χ1v) is 24.9. The number of benzene rings is 2. The fourth-order valence-electron chi connectivity index (χ4n) is 12.0. The van der Waals surface area contributed by atoms with Crippen molar-refractivity contribution in [1.29, 1.82) is 5.26 Å². The summed E-state index contributed by atoms with van der Waals surface area (Å²) in [6, 6.07) is 15.2. The van der Waals surface area contributed by atoms with Gasteiger partial charge in [0.2, 0.25) is 5.91 Å². The van der Waals surface area contributed by atoms with Crippen molar-refractivity contribution in [2.45, 2.75) is 115 Å². The minimum Gasteiger partial charge on any atom is -0.490 e. The van der Waals surface area contributed by atoms with E-state index in [1.54, 1.807) is 61.4 Å². The Hall–Kier alpha value is -6.12. The molecule has 0 atom stereocenters. The summed E-state index contributed by atoms with van der Waals surface area (Å²) in [5, 5.41) is 31.1. The number of carbonyl (C=O) groups excluding carboxylic acids is 2. The van der Waals surface area contributed by atoms with Crippen LogP contribution in [0.4, 0.5) is 26.1 Å². The molecule has 0 unspecified atom stereocenters. The summed E-state index contributed by atoms with van der Waals surface area (Å²) in [5.74, 6) is 2.04. The summed E-state index contributed by atoms with van der Waals surface area (Å²) in [4.78, 5) is 34.8. The molecule has 0 bridgehead atoms. The molecule has 4 aliphatic heterocycles. The van der Waals surface area contributed by atoms with E-state index in [0.717, 1.165) is 119 Å². The maximum absolute atomic E-state index is 14.8. The van der Waals surface area contributed by atoms with Crippen molar-refractivity contribution in [3.05, 3.63) is 93.5 Å². The van der Waals surface area contributed by atoms with Crippen LogP contribution in [-0.4, -0.2) is 109 Å². The lowest BCUT2D eigenvalue weighted by Crippen LogP contribution is -2.67. The molecule has 3 aromatic heterocycles. The lowest BCUT2D eigenvalue weighted by atomic mass is 9.60. The molecular formula is C51H57ClF2N12O3. The molecule has 2 amide bonds. The van der Waals surface area contributed by atoms with Crippen LogP contribution >= 0.6 is 11.6 Å². The molecule has 2 saturated heterocycles. The second-order valence-electron chi connectivity index (χ2n) is 20.2. The summed E-state index contributed by atoms with van der Waals surface area (Å²) in [6.07, 6.45) is 10.6. The molecular weight excluding hydrogens is 902 g/mol. The van der Waals surface area contributed by atoms with Crippen LogP contribution in [-0.2, 0) is 31.2 Å². The van der Waals surface area contributed by atoms with E-state index in [4.69, 9.17) is 26.7 Å². The zero-order valence-corrected chi connectivity index (χ0v) is 39.8. The van der Waals surface area contributed by atoms with Gasteiger partial charge in [0.05, 0.1) is 35.5 Å². The average Bonchev–Trinajstić information content (AvgIpc) is 3.94. The van der Waals surface area contributed by atoms with Crippen LogP contribution in [0.25, 0.3) is 11.1 Å². The third-order valence-electron chi connectivity index (χ3n) is 15.7. The molecule has 69 heavy (non-hydrogen) atoms. The van der Waals surface area contributed by atoms with E-state index >= 15 is 0 Å². The van der Waals surface area contributed by atoms with Crippen LogP contribution in [0.2, 0.25) is 5.02 Å². The van der Waals surface area contributed by atoms with Gasteiger partial charge in [-0.15, -0.1) is 10.2 Å². The van der Waals surface area contributed by atoms with Gasteiger partial charge >= 0.3 is 0 Å². The van der Waals surface area contributed by atoms with Crippen LogP contribution in [0.15, 0.2) is 54.9 Å². The molecule has 1 N–H and O–H groups in total. The summed E-state index contributed by atoms with van der Waals surface area (Å²) >= 11 is 6.18. The van der Waals surface area contributed by atoms with Crippen molar-refractivity contribution >= 4 is 40.7 Å². The highest BCUT2D eigenvalue weighted by Crippen LogP contribution is 2.52. The van der Waals surface area contributed by atoms with Crippen molar-refractivity contribution < 1.29 is 23.1 Å². The molecule has 6 aliphatic rings. The van der Waals surface area contributed by atoms with Gasteiger partial charge in [0.1, 0.15) is 11.8 Å². The predicted octanol–water partition coefficient (Wildman–Crippen LogP) is 7.95. The number of piperidine rings is 1. The van der Waals surface area contributed by atoms with Gasteiger partial charge < -0.3 is 29.7 Å². The maximum atomic E-state index is 14.8. The lowest BCUT2D eigenvalue weighted by Gasteiger charge is -2.61. The standard InChI is InChI=1S/C51H57ClF2N12O3/c1-31(67)63-19-15-45-42(28-63)49(65-16-3-4-32-20-40(34-26-56-61(2)27-34)41(48(53)54)22-46(32)65)60-66(45)36-13-17-62(18-14-36)37-23-51(24-37)29-64(30-51)47-12-11-44(58-59-47)50(68)57-35-6-9-38(10-7-35)69-39-8-5-33(25-55)43(52)21-39/h5,8,11-12,20-22,26-27,35-38,48H,3-4,6-7,9-10,13-19,23-24,28-30H2,1-2H3,(H,57,68). The third-order valence-corrected chi connectivity index (χ3v) is 16.0. The zero-order chi connectivity index (χ0) is 47.6. The first-order chi connectivity index (χ1) is 33.4. The van der Waals surface area contributed by atoms with E-state index in [9.17, 15) is 18.4 Å². The second kappa shape index (κ2) is 18.3. The van der Waals surface area contributed by atoms with Gasteiger partial charge in [-0.25, -0.2) is 8.78 Å². The minimum absolute atomic E-state index is 0.0107. The Morgan fingerprint density at radius 3 is 2.43 bits per heavy atom. The van der Waals surface area contributed by atoms with Crippen LogP contribution in [0.1, 0.15) is 116 Å². The summed E-state index contributed by atoms with van der Waals surface area (Å²) < 4.78 is 39.5. The molecule has 2 aliphatic carbocycles. The SMILES string of the molecule is CC(=O)N1CCc2c(c(N3CCCc4cc(-c5cnn(C)c5)c(C(F)F)cc43)nn2C2CCN(C3CC4(C3)CN(c3ccc(C(=O)NC5CCC(Oc6ccc(C#N)c(Cl)c6)CC5)nn3)C4)CC2)C1. The highest BCUT2D eigenvalue weighted by atomic mass is 35.5. The number of hydrogen-bond acceptors (Lipinski definition) is 11. The van der Waals surface area contributed by atoms with Gasteiger partial charge in [0.15, 0.2) is 17.3 Å². The van der Waals surface area contributed by atoms with Crippen molar-refractivity contribution in [3.63, 3.8) is 0 Å². The van der Waals surface area contributed by atoms with E-state index in [1.165, 1.54) is 5.69 Å². The van der Waals surface area contributed by atoms with Crippen LogP contribution < -0.4 is 19.9 Å². The first-order valence-electron chi connectivity index (χ1n) is 24.5. The number of ether oxygens (including phenoxy) is 1. The zero-order valence-electron chi connectivity index (χ0n) is 39.1. The summed E-state index contributed by atoms with van der Waals surface area (Å²) in [7, 11) is 1.79. The molecule has 360 valence electrons. The van der Waals surface area contributed by atoms with Gasteiger partial charge in [-0.05, 0) is 112 Å². The Morgan fingerprint density at radius 1 is 0.957 bits per heavy atom. The van der Waals surface area contributed by atoms with Gasteiger partial charge in [0.25, 0.3) is 12.3 Å². The van der Waals surface area contributed by atoms with Gasteiger partial charge in [-0.3, -0.25) is 19.0 Å². The van der Waals surface area contributed by atoms with Gasteiger partial charge in [0, 0.05) is 117 Å². The van der Waals surface area contributed by atoms with Crippen molar-refractivity contribution in [1.82, 2.24) is 44.9 Å². The van der Waals surface area contributed by atoms with E-state index in [2.05, 4.69) is 46.1 Å². The van der Waals surface area contributed by atoms with E-state index in [-0.39, 0.29) is 41.0 Å². The van der Waals surface area contributed by atoms with Crippen molar-refractivity contribution in [3.8, 4) is 22.9 Å². The number of carbonyl (C=O) groups is 2. The van der Waals surface area contributed by atoms with Crippen LogP contribution in [0.3, 0.4) is 0 Å². The van der Waals surface area contributed by atoms with E-state index in [1.807, 2.05) is 17.0 Å². The Bertz CT molecular complexity index is 2800. The number of nitrogens with zero attached hydrogens (tertiary/aromatic N) is 11. The molecule has 5 aromatic rings. The molecule has 18 heteroatoms. The molecule has 2 aromatic carbocycles. The third kappa shape index (κ3) is 8.79. The average molecular weight is 960 g/mol. The number of amides is 2. The quantitative estimate of drug-likeness (QED) is 0.145. The summed E-state index contributed by atoms with van der Waals surface area (Å²) in [5.41, 5.74) is 6.19. The number of likely N-dealkylation sites (tertiary alicyclic amines) is 1. The minimum atomic E-state index is -2.66. The highest BCUT2D eigenvalue weighted by molar-refractivity contribution is 6.31. The normalized spacial score (nSPS) is 21.6. The van der Waals surface area contributed by atoms with Crippen molar-refractivity contribution in [2.24, 2.45) is 12.5 Å². The Morgan fingerprint density at radius 2 is 1.75 bits per heavy atom. The number of nitriles is 1. The predicted molar refractivity (Wildman–Crippen MR) is 256 cm³/mol. The Kier molecular flexibility index (Phi) is 12.0. The fourth-order valence-corrected chi connectivity index (χ4v) is 12.2. The van der Waals surface area contributed by atoms with E-state index in [0.29, 0.717) is 65.3 Å². The monoisotopic (exact) mass is 958 g/mol. The topological polar surface area (TPSA) is 154 Å². The Balaban J connectivity index is 0.683. The molecule has 7 heterocycles. The maximum Gasteiger partial charge on any atom is 0.272 e. The molecule has 1 spiro atoms. The number of rotatable bonds is 10. The lowest BCUT2D eigenvalue weighted by molar-refractivity contribution is -0.129. The molecule has 2 saturated carbocycles. The van der Waals surface area contributed by atoms with E-state index < -0.39 is 6.43 Å². The van der Waals surface area contributed by atoms with Gasteiger partial charge in [-0.2, -0.15) is 15.5 Å². The number of nitrogens with one attached hydrogen (secondary N) is 1. The van der Waals surface area contributed by atoms with Crippen LogP contribution in [0, 0.1) is 16.7 Å². The van der Waals surface area contributed by atoms with Crippen LogP contribution in [0.5, 0.6) is 5.75 Å². The smallest absolute Gasteiger partial charge is 0.272 e. The number of aromatic nitrogens is 6. The van der Waals surface area contributed by atoms with Crippen molar-refractivity contribution in [2.75, 3.05) is 49.1 Å². The number of halogens is 3. The first kappa shape index (κ1) is 45.3. The molecule has 0 radical (unpaired) electrons. The largest absolute Gasteiger partial charge is 0.490 e. The Labute approximate surface area is 405 Å². The number of anilines is 3. The number of fused-ring (bicyclic) bond motifs is 2. The molecule has 11 rings (SSSR count).